The van der Waals surface area contributed by atoms with Gasteiger partial charge in [0.25, 0.3) is 0 Å². The van der Waals surface area contributed by atoms with E-state index in [1.165, 1.54) is 11.8 Å². The van der Waals surface area contributed by atoms with Gasteiger partial charge in [0, 0.05) is 18.2 Å². The van der Waals surface area contributed by atoms with Gasteiger partial charge in [0.1, 0.15) is 17.8 Å². The lowest BCUT2D eigenvalue weighted by molar-refractivity contribution is -0.115. The van der Waals surface area contributed by atoms with Gasteiger partial charge in [0.2, 0.25) is 5.91 Å². The number of para-hydroxylation sites is 2. The van der Waals surface area contributed by atoms with E-state index in [-0.39, 0.29) is 5.91 Å². The smallest absolute Gasteiger partial charge is 0.226 e. The summed E-state index contributed by atoms with van der Waals surface area (Å²) in [5.41, 5.74) is 0.847. The second-order valence-electron chi connectivity index (χ2n) is 5.12. The summed E-state index contributed by atoms with van der Waals surface area (Å²) in [6.45, 7) is 1.77. The molecule has 3 rings (SSSR count). The van der Waals surface area contributed by atoms with Crippen molar-refractivity contribution in [2.24, 2.45) is 0 Å². The molecule has 0 unspecified atom stereocenters. The average molecular weight is 359 g/mol. The molecule has 0 spiro atoms. The second kappa shape index (κ2) is 7.84. The first kappa shape index (κ1) is 17.0. The third-order valence-corrected chi connectivity index (χ3v) is 4.26. The Labute approximate surface area is 148 Å². The van der Waals surface area contributed by atoms with E-state index in [0.29, 0.717) is 28.9 Å². The van der Waals surface area contributed by atoms with E-state index in [0.717, 1.165) is 11.4 Å². The van der Waals surface area contributed by atoms with Gasteiger partial charge in [0.15, 0.2) is 11.0 Å². The van der Waals surface area contributed by atoms with Crippen molar-refractivity contribution in [3.05, 3.63) is 42.4 Å². The minimum atomic E-state index is -0.135. The summed E-state index contributed by atoms with van der Waals surface area (Å²) in [4.78, 5) is 11.9. The van der Waals surface area contributed by atoms with Crippen molar-refractivity contribution in [2.45, 2.75) is 18.5 Å². The maximum atomic E-state index is 11.9. The van der Waals surface area contributed by atoms with Crippen LogP contribution in [0.1, 0.15) is 12.2 Å². The first-order valence-corrected chi connectivity index (χ1v) is 8.55. The molecule has 25 heavy (non-hydrogen) atoms. The van der Waals surface area contributed by atoms with Crippen LogP contribution in [0.25, 0.3) is 5.69 Å². The van der Waals surface area contributed by atoms with E-state index in [1.807, 2.05) is 28.8 Å². The van der Waals surface area contributed by atoms with Gasteiger partial charge in [-0.1, -0.05) is 29.1 Å². The molecule has 3 aromatic rings. The summed E-state index contributed by atoms with van der Waals surface area (Å²) in [5.74, 6) is 2.21. The zero-order valence-electron chi connectivity index (χ0n) is 13.8. The Morgan fingerprint density at radius 3 is 3.00 bits per heavy atom. The van der Waals surface area contributed by atoms with Crippen molar-refractivity contribution in [3.8, 4) is 11.4 Å². The predicted octanol–water partition coefficient (Wildman–Crippen LogP) is 2.69. The molecule has 0 atom stereocenters. The number of rotatable bonds is 7. The first-order valence-electron chi connectivity index (χ1n) is 7.57. The van der Waals surface area contributed by atoms with Crippen LogP contribution in [-0.2, 0) is 4.79 Å². The minimum Gasteiger partial charge on any atom is -0.495 e. The standard InChI is InChI=1S/C16H17N5O3S/c1-11-9-14(20-24-11)18-15(22)7-8-25-16-19-17-10-21(16)12-5-3-4-6-13(12)23-2/h3-6,9-10H,7-8H2,1-2H3,(H,18,20,22). The van der Waals surface area contributed by atoms with Crippen LogP contribution >= 0.6 is 11.8 Å². The molecular weight excluding hydrogens is 342 g/mol. The highest BCUT2D eigenvalue weighted by atomic mass is 32.2. The van der Waals surface area contributed by atoms with Crippen LogP contribution in [0, 0.1) is 6.92 Å². The topological polar surface area (TPSA) is 95.1 Å². The molecular formula is C16H17N5O3S. The van der Waals surface area contributed by atoms with Crippen molar-refractivity contribution in [1.82, 2.24) is 19.9 Å². The van der Waals surface area contributed by atoms with E-state index in [4.69, 9.17) is 9.26 Å². The number of thioether (sulfide) groups is 1. The third-order valence-electron chi connectivity index (χ3n) is 3.32. The highest BCUT2D eigenvalue weighted by Crippen LogP contribution is 2.26. The van der Waals surface area contributed by atoms with Gasteiger partial charge >= 0.3 is 0 Å². The highest BCUT2D eigenvalue weighted by Gasteiger charge is 2.12. The zero-order chi connectivity index (χ0) is 17.6. The van der Waals surface area contributed by atoms with E-state index in [9.17, 15) is 4.79 Å². The molecule has 9 heteroatoms. The SMILES string of the molecule is COc1ccccc1-n1cnnc1SCCC(=O)Nc1cc(C)on1. The van der Waals surface area contributed by atoms with Gasteiger partial charge in [-0.2, -0.15) is 0 Å². The summed E-state index contributed by atoms with van der Waals surface area (Å²) >= 11 is 1.44. The highest BCUT2D eigenvalue weighted by molar-refractivity contribution is 7.99. The van der Waals surface area contributed by atoms with Crippen molar-refractivity contribution >= 4 is 23.5 Å². The molecule has 0 aliphatic rings. The molecule has 130 valence electrons. The molecule has 0 fully saturated rings. The Balaban J connectivity index is 1.59. The van der Waals surface area contributed by atoms with Crippen LogP contribution in [0.15, 0.2) is 46.3 Å². The summed E-state index contributed by atoms with van der Waals surface area (Å²) in [5, 5.41) is 15.2. The van der Waals surface area contributed by atoms with E-state index >= 15 is 0 Å². The monoisotopic (exact) mass is 359 g/mol. The molecule has 0 saturated carbocycles. The molecule has 2 heterocycles. The van der Waals surface area contributed by atoms with Crippen molar-refractivity contribution in [1.29, 1.82) is 0 Å². The van der Waals surface area contributed by atoms with E-state index in [1.54, 1.807) is 26.4 Å². The quantitative estimate of drug-likeness (QED) is 0.648. The van der Waals surface area contributed by atoms with Gasteiger partial charge in [-0.05, 0) is 19.1 Å². The normalized spacial score (nSPS) is 10.6. The third kappa shape index (κ3) is 4.18. The molecule has 1 amide bonds. The number of hydrogen-bond donors (Lipinski definition) is 1. The van der Waals surface area contributed by atoms with Crippen LogP contribution in [0.3, 0.4) is 0 Å². The van der Waals surface area contributed by atoms with Crippen molar-refractivity contribution in [2.75, 3.05) is 18.2 Å². The van der Waals surface area contributed by atoms with Crippen LogP contribution < -0.4 is 10.1 Å². The number of ether oxygens (including phenoxy) is 1. The van der Waals surface area contributed by atoms with Gasteiger partial charge < -0.3 is 14.6 Å². The largest absolute Gasteiger partial charge is 0.495 e. The number of aromatic nitrogens is 4. The van der Waals surface area contributed by atoms with E-state index < -0.39 is 0 Å². The summed E-state index contributed by atoms with van der Waals surface area (Å²) < 4.78 is 12.1. The van der Waals surface area contributed by atoms with Crippen molar-refractivity contribution < 1.29 is 14.1 Å². The fourth-order valence-corrected chi connectivity index (χ4v) is 3.04. The van der Waals surface area contributed by atoms with Gasteiger partial charge in [0.05, 0.1) is 12.8 Å². The number of benzene rings is 1. The minimum absolute atomic E-state index is 0.135. The molecule has 0 aliphatic heterocycles. The number of amides is 1. The summed E-state index contributed by atoms with van der Waals surface area (Å²) in [6, 6.07) is 9.28. The molecule has 0 saturated heterocycles. The fourth-order valence-electron chi connectivity index (χ4n) is 2.18. The second-order valence-corrected chi connectivity index (χ2v) is 6.19. The van der Waals surface area contributed by atoms with Crippen LogP contribution in [0.4, 0.5) is 5.82 Å². The van der Waals surface area contributed by atoms with E-state index in [2.05, 4.69) is 20.7 Å². The zero-order valence-corrected chi connectivity index (χ0v) is 14.6. The molecule has 8 nitrogen and oxygen atoms in total. The molecule has 0 aliphatic carbocycles. The maximum absolute atomic E-state index is 11.9. The fraction of sp³-hybridized carbons (Fsp3) is 0.250. The number of nitrogens with zero attached hydrogens (tertiary/aromatic N) is 4. The number of carbonyl (C=O) groups is 1. The lowest BCUT2D eigenvalue weighted by Gasteiger charge is -2.10. The Bertz CT molecular complexity index is 861. The summed E-state index contributed by atoms with van der Waals surface area (Å²) in [6.07, 6.45) is 1.94. The first-order chi connectivity index (χ1) is 12.2. The van der Waals surface area contributed by atoms with Crippen LogP contribution in [-0.4, -0.2) is 38.7 Å². The molecule has 1 aromatic carbocycles. The van der Waals surface area contributed by atoms with Crippen LogP contribution in [0.2, 0.25) is 0 Å². The van der Waals surface area contributed by atoms with Gasteiger partial charge in [-0.3, -0.25) is 9.36 Å². The Morgan fingerprint density at radius 1 is 1.40 bits per heavy atom. The number of hydrogen-bond acceptors (Lipinski definition) is 7. The summed E-state index contributed by atoms with van der Waals surface area (Å²) in [7, 11) is 1.62. The lowest BCUT2D eigenvalue weighted by atomic mass is 10.3. The number of aryl methyl sites for hydroxylation is 1. The van der Waals surface area contributed by atoms with Gasteiger partial charge in [-0.15, -0.1) is 10.2 Å². The number of carbonyl (C=O) groups excluding carboxylic acids is 1. The number of methoxy groups -OCH3 is 1. The van der Waals surface area contributed by atoms with Crippen molar-refractivity contribution in [3.63, 3.8) is 0 Å². The maximum Gasteiger partial charge on any atom is 0.226 e. The Hall–Kier alpha value is -2.81. The lowest BCUT2D eigenvalue weighted by Crippen LogP contribution is -2.12. The number of anilines is 1. The Morgan fingerprint density at radius 2 is 2.24 bits per heavy atom. The molecule has 0 bridgehead atoms. The molecule has 0 radical (unpaired) electrons. The van der Waals surface area contributed by atoms with Crippen LogP contribution in [0.5, 0.6) is 5.75 Å². The predicted molar refractivity (Wildman–Crippen MR) is 93.1 cm³/mol. The molecule has 2 aromatic heterocycles. The average Bonchev–Trinajstić information content (AvgIpc) is 3.23. The number of nitrogens with one attached hydrogen (secondary N) is 1. The molecule has 1 N–H and O–H groups in total. The Kier molecular flexibility index (Phi) is 5.34. The van der Waals surface area contributed by atoms with Gasteiger partial charge in [-0.25, -0.2) is 0 Å².